The number of rotatable bonds is 6. The summed E-state index contributed by atoms with van der Waals surface area (Å²) in [5.41, 5.74) is 2.27. The summed E-state index contributed by atoms with van der Waals surface area (Å²) in [7, 11) is 1.61. The lowest BCUT2D eigenvalue weighted by atomic mass is 10.0. The molecule has 1 N–H and O–H groups in total. The van der Waals surface area contributed by atoms with E-state index in [-0.39, 0.29) is 11.9 Å². The molecular formula is C17H19FN2O. The van der Waals surface area contributed by atoms with E-state index in [1.807, 2.05) is 30.5 Å². The van der Waals surface area contributed by atoms with Crippen LogP contribution in [0.5, 0.6) is 5.88 Å². The Balaban J connectivity index is 1.66. The normalized spacial score (nSPS) is 15.7. The number of methoxy groups -OCH3 is 1. The van der Waals surface area contributed by atoms with Gasteiger partial charge in [-0.15, -0.1) is 0 Å². The fraction of sp³-hybridized carbons (Fsp3) is 0.353. The third-order valence-electron chi connectivity index (χ3n) is 3.86. The zero-order valence-electron chi connectivity index (χ0n) is 12.1. The van der Waals surface area contributed by atoms with Crippen LogP contribution in [0.1, 0.15) is 30.0 Å². The van der Waals surface area contributed by atoms with Crippen molar-refractivity contribution in [1.82, 2.24) is 10.3 Å². The minimum Gasteiger partial charge on any atom is -0.481 e. The molecule has 3 nitrogen and oxygen atoms in total. The lowest BCUT2D eigenvalue weighted by Gasteiger charge is -2.19. The molecule has 1 aliphatic rings. The molecule has 21 heavy (non-hydrogen) atoms. The molecular weight excluding hydrogens is 267 g/mol. The summed E-state index contributed by atoms with van der Waals surface area (Å²) in [5, 5.41) is 3.57. The van der Waals surface area contributed by atoms with Crippen molar-refractivity contribution >= 4 is 0 Å². The molecule has 1 saturated carbocycles. The van der Waals surface area contributed by atoms with Crippen LogP contribution in [-0.4, -0.2) is 12.1 Å². The van der Waals surface area contributed by atoms with Crippen molar-refractivity contribution < 1.29 is 9.13 Å². The smallest absolute Gasteiger partial charge is 0.212 e. The van der Waals surface area contributed by atoms with E-state index in [4.69, 9.17) is 4.74 Å². The summed E-state index contributed by atoms with van der Waals surface area (Å²) in [4.78, 5) is 4.21. The first kappa shape index (κ1) is 14.0. The van der Waals surface area contributed by atoms with E-state index in [0.29, 0.717) is 11.8 Å². The second-order valence-corrected chi connectivity index (χ2v) is 5.46. The van der Waals surface area contributed by atoms with Crippen LogP contribution in [0, 0.1) is 11.7 Å². The molecule has 4 heteroatoms. The van der Waals surface area contributed by atoms with Crippen LogP contribution in [0.3, 0.4) is 0 Å². The second kappa shape index (κ2) is 6.22. The molecule has 2 aromatic rings. The van der Waals surface area contributed by atoms with Gasteiger partial charge in [-0.2, -0.15) is 0 Å². The van der Waals surface area contributed by atoms with E-state index in [1.165, 1.54) is 25.0 Å². The fourth-order valence-electron chi connectivity index (χ4n) is 2.52. The first-order chi connectivity index (χ1) is 10.3. The molecule has 3 rings (SSSR count). The Morgan fingerprint density at radius 3 is 2.57 bits per heavy atom. The standard InChI is InChI=1S/C17H19FN2O/c1-21-16-9-2-12(10-19-16)11-20-17(13-3-4-13)14-5-7-15(18)8-6-14/h2,5-10,13,17,20H,3-4,11H2,1H3. The molecule has 1 aliphatic carbocycles. The first-order valence-electron chi connectivity index (χ1n) is 7.24. The molecule has 110 valence electrons. The van der Waals surface area contributed by atoms with Gasteiger partial charge in [0, 0.05) is 24.8 Å². The molecule has 0 amide bonds. The molecule has 0 aliphatic heterocycles. The van der Waals surface area contributed by atoms with Crippen molar-refractivity contribution in [3.05, 3.63) is 59.5 Å². The Kier molecular flexibility index (Phi) is 4.15. The van der Waals surface area contributed by atoms with Crippen LogP contribution in [0.2, 0.25) is 0 Å². The topological polar surface area (TPSA) is 34.1 Å². The van der Waals surface area contributed by atoms with Crippen LogP contribution in [0.25, 0.3) is 0 Å². The van der Waals surface area contributed by atoms with Gasteiger partial charge < -0.3 is 10.1 Å². The maximum Gasteiger partial charge on any atom is 0.212 e. The van der Waals surface area contributed by atoms with Crippen LogP contribution in [0.15, 0.2) is 42.6 Å². The summed E-state index contributed by atoms with van der Waals surface area (Å²) < 4.78 is 18.1. The van der Waals surface area contributed by atoms with Gasteiger partial charge in [0.25, 0.3) is 0 Å². The van der Waals surface area contributed by atoms with Crippen LogP contribution >= 0.6 is 0 Å². The predicted octanol–water partition coefficient (Wildman–Crippen LogP) is 3.47. The zero-order chi connectivity index (χ0) is 14.7. The van der Waals surface area contributed by atoms with Crippen molar-refractivity contribution in [2.45, 2.75) is 25.4 Å². The van der Waals surface area contributed by atoms with Gasteiger partial charge in [-0.3, -0.25) is 0 Å². The molecule has 1 heterocycles. The summed E-state index contributed by atoms with van der Waals surface area (Å²) in [5.74, 6) is 1.09. The number of benzene rings is 1. The Morgan fingerprint density at radius 2 is 2.00 bits per heavy atom. The van der Waals surface area contributed by atoms with Gasteiger partial charge >= 0.3 is 0 Å². The summed E-state index contributed by atoms with van der Waals surface area (Å²) >= 11 is 0. The van der Waals surface area contributed by atoms with E-state index in [0.717, 1.165) is 17.7 Å². The third kappa shape index (κ3) is 3.58. The van der Waals surface area contributed by atoms with Gasteiger partial charge in [0.15, 0.2) is 0 Å². The fourth-order valence-corrected chi connectivity index (χ4v) is 2.52. The molecule has 0 spiro atoms. The van der Waals surface area contributed by atoms with Gasteiger partial charge in [0.2, 0.25) is 5.88 Å². The number of nitrogens with one attached hydrogen (secondary N) is 1. The SMILES string of the molecule is COc1ccc(CNC(c2ccc(F)cc2)C2CC2)cn1. The molecule has 1 aromatic carbocycles. The van der Waals surface area contributed by atoms with Gasteiger partial charge in [-0.1, -0.05) is 18.2 Å². The number of nitrogens with zero attached hydrogens (tertiary/aromatic N) is 1. The van der Waals surface area contributed by atoms with Gasteiger partial charge in [-0.05, 0) is 42.0 Å². The van der Waals surface area contributed by atoms with E-state index in [9.17, 15) is 4.39 Å². The maximum atomic E-state index is 13.0. The average molecular weight is 286 g/mol. The molecule has 0 radical (unpaired) electrons. The maximum absolute atomic E-state index is 13.0. The molecule has 1 atom stereocenters. The Bertz CT molecular complexity index is 579. The van der Waals surface area contributed by atoms with Crippen LogP contribution in [-0.2, 0) is 6.54 Å². The predicted molar refractivity (Wildman–Crippen MR) is 79.5 cm³/mol. The lowest BCUT2D eigenvalue weighted by Crippen LogP contribution is -2.22. The van der Waals surface area contributed by atoms with Crippen molar-refractivity contribution in [3.63, 3.8) is 0 Å². The third-order valence-corrected chi connectivity index (χ3v) is 3.86. The van der Waals surface area contributed by atoms with Crippen LogP contribution in [0.4, 0.5) is 4.39 Å². The van der Waals surface area contributed by atoms with E-state index >= 15 is 0 Å². The number of ether oxygens (including phenoxy) is 1. The summed E-state index contributed by atoms with van der Waals surface area (Å²) in [6.45, 7) is 0.746. The van der Waals surface area contributed by atoms with Gasteiger partial charge in [0.05, 0.1) is 7.11 Å². The summed E-state index contributed by atoms with van der Waals surface area (Å²) in [6, 6.07) is 11.0. The minimum absolute atomic E-state index is 0.187. The highest BCUT2D eigenvalue weighted by Gasteiger charge is 2.31. The Labute approximate surface area is 124 Å². The lowest BCUT2D eigenvalue weighted by molar-refractivity contribution is 0.397. The number of hydrogen-bond donors (Lipinski definition) is 1. The molecule has 0 bridgehead atoms. The molecule has 1 unspecified atom stereocenters. The molecule has 0 saturated heterocycles. The average Bonchev–Trinajstić information content (AvgIpc) is 3.35. The largest absolute Gasteiger partial charge is 0.481 e. The zero-order valence-corrected chi connectivity index (χ0v) is 12.1. The van der Waals surface area contributed by atoms with E-state index < -0.39 is 0 Å². The molecule has 1 aromatic heterocycles. The highest BCUT2D eigenvalue weighted by molar-refractivity contribution is 5.23. The molecule has 1 fully saturated rings. The van der Waals surface area contributed by atoms with Crippen molar-refractivity contribution in [2.75, 3.05) is 7.11 Å². The first-order valence-corrected chi connectivity index (χ1v) is 7.24. The van der Waals surface area contributed by atoms with E-state index in [2.05, 4.69) is 10.3 Å². The Morgan fingerprint density at radius 1 is 1.24 bits per heavy atom. The minimum atomic E-state index is -0.187. The second-order valence-electron chi connectivity index (χ2n) is 5.46. The highest BCUT2D eigenvalue weighted by atomic mass is 19.1. The number of hydrogen-bond acceptors (Lipinski definition) is 3. The quantitative estimate of drug-likeness (QED) is 0.883. The van der Waals surface area contributed by atoms with Crippen LogP contribution < -0.4 is 10.1 Å². The Hall–Kier alpha value is -1.94. The monoisotopic (exact) mass is 286 g/mol. The highest BCUT2D eigenvalue weighted by Crippen LogP contribution is 2.41. The summed E-state index contributed by atoms with van der Waals surface area (Å²) in [6.07, 6.45) is 4.28. The van der Waals surface area contributed by atoms with Crippen molar-refractivity contribution in [1.29, 1.82) is 0 Å². The van der Waals surface area contributed by atoms with Crippen molar-refractivity contribution in [2.24, 2.45) is 5.92 Å². The number of pyridine rings is 1. The number of halogens is 1. The van der Waals surface area contributed by atoms with Gasteiger partial charge in [0.1, 0.15) is 5.82 Å². The number of aromatic nitrogens is 1. The van der Waals surface area contributed by atoms with Gasteiger partial charge in [-0.25, -0.2) is 9.37 Å². The van der Waals surface area contributed by atoms with E-state index in [1.54, 1.807) is 7.11 Å². The van der Waals surface area contributed by atoms with Crippen molar-refractivity contribution in [3.8, 4) is 5.88 Å².